The molecule has 1 atom stereocenters. The minimum atomic E-state index is -3.74. The number of H-pyrrole nitrogens is 1. The predicted octanol–water partition coefficient (Wildman–Crippen LogP) is 4.14. The van der Waals surface area contributed by atoms with Crippen LogP contribution in [-0.2, 0) is 16.4 Å². The van der Waals surface area contributed by atoms with Crippen molar-refractivity contribution in [2.75, 3.05) is 12.4 Å². The summed E-state index contributed by atoms with van der Waals surface area (Å²) in [5, 5.41) is 4.16. The van der Waals surface area contributed by atoms with Crippen molar-refractivity contribution in [3.05, 3.63) is 83.9 Å². The Bertz CT molecular complexity index is 1350. The maximum absolute atomic E-state index is 13.2. The molecule has 5 rings (SSSR count). The fraction of sp³-hybridized carbons (Fsp3) is 0.250. The fourth-order valence-corrected chi connectivity index (χ4v) is 5.13. The highest BCUT2D eigenvalue weighted by molar-refractivity contribution is 7.89. The third-order valence-corrected chi connectivity index (χ3v) is 7.26. The lowest BCUT2D eigenvalue weighted by atomic mass is 10.0. The molecule has 4 aromatic rings. The van der Waals surface area contributed by atoms with Gasteiger partial charge in [-0.05, 0) is 43.0 Å². The van der Waals surface area contributed by atoms with Crippen LogP contribution in [0, 0.1) is 0 Å². The second-order valence-corrected chi connectivity index (χ2v) is 9.83. The molecule has 0 amide bonds. The fourth-order valence-electron chi connectivity index (χ4n) is 3.90. The Morgan fingerprint density at radius 2 is 1.81 bits per heavy atom. The molecule has 2 aromatic carbocycles. The molecule has 32 heavy (non-hydrogen) atoms. The van der Waals surface area contributed by atoms with E-state index in [1.807, 2.05) is 43.6 Å². The topological polar surface area (TPSA) is 99.8 Å². The third-order valence-electron chi connectivity index (χ3n) is 5.77. The van der Waals surface area contributed by atoms with Crippen molar-refractivity contribution in [2.24, 2.45) is 0 Å². The molecule has 1 fully saturated rings. The molecule has 0 saturated heterocycles. The molecule has 2 aromatic heterocycles. The van der Waals surface area contributed by atoms with Gasteiger partial charge in [-0.15, -0.1) is 0 Å². The number of sulfonamides is 1. The summed E-state index contributed by atoms with van der Waals surface area (Å²) >= 11 is 0. The number of anilines is 1. The van der Waals surface area contributed by atoms with Crippen molar-refractivity contribution in [1.82, 2.24) is 19.7 Å². The second kappa shape index (κ2) is 8.37. The van der Waals surface area contributed by atoms with Gasteiger partial charge in [-0.2, -0.15) is 0 Å². The van der Waals surface area contributed by atoms with Crippen LogP contribution in [0.5, 0.6) is 0 Å². The molecule has 0 unspecified atom stereocenters. The first-order valence-electron chi connectivity index (χ1n) is 10.7. The molecule has 2 heterocycles. The second-order valence-electron chi connectivity index (χ2n) is 8.11. The Morgan fingerprint density at radius 1 is 1.06 bits per heavy atom. The van der Waals surface area contributed by atoms with Crippen LogP contribution in [0.15, 0.2) is 71.8 Å². The van der Waals surface area contributed by atoms with E-state index in [1.54, 1.807) is 30.3 Å². The molecular weight excluding hydrogens is 422 g/mol. The van der Waals surface area contributed by atoms with E-state index >= 15 is 0 Å². The summed E-state index contributed by atoms with van der Waals surface area (Å²) in [6.07, 6.45) is 4.53. The summed E-state index contributed by atoms with van der Waals surface area (Å²) < 4.78 is 29.3. The number of para-hydroxylation sites is 1. The molecule has 1 aliphatic carbocycles. The van der Waals surface area contributed by atoms with E-state index in [2.05, 4.69) is 20.0 Å². The number of nitrogens with one attached hydrogen (secondary N) is 3. The SMILES string of the molecule is CNc1cc([C@H](Cc2c[nH]c3ccccc23)NS(=O)(=O)c2ccccc2)nc(C2CC2)n1. The van der Waals surface area contributed by atoms with Gasteiger partial charge in [0.05, 0.1) is 16.6 Å². The van der Waals surface area contributed by atoms with E-state index in [1.165, 1.54) is 0 Å². The highest BCUT2D eigenvalue weighted by atomic mass is 32.2. The van der Waals surface area contributed by atoms with E-state index in [-0.39, 0.29) is 4.90 Å². The zero-order valence-electron chi connectivity index (χ0n) is 17.7. The summed E-state index contributed by atoms with van der Waals surface area (Å²) in [5.74, 6) is 1.82. The molecule has 3 N–H and O–H groups in total. The van der Waals surface area contributed by atoms with Crippen LogP contribution in [0.2, 0.25) is 0 Å². The average Bonchev–Trinajstić information content (AvgIpc) is 3.60. The van der Waals surface area contributed by atoms with Crippen molar-refractivity contribution < 1.29 is 8.42 Å². The van der Waals surface area contributed by atoms with Crippen molar-refractivity contribution in [3.8, 4) is 0 Å². The lowest BCUT2D eigenvalue weighted by Crippen LogP contribution is -2.31. The predicted molar refractivity (Wildman–Crippen MR) is 125 cm³/mol. The molecular formula is C24H25N5O2S. The van der Waals surface area contributed by atoms with Gasteiger partial charge in [-0.25, -0.2) is 23.1 Å². The van der Waals surface area contributed by atoms with Gasteiger partial charge in [0.1, 0.15) is 11.6 Å². The number of hydrogen-bond acceptors (Lipinski definition) is 5. The van der Waals surface area contributed by atoms with Gasteiger partial charge in [-0.3, -0.25) is 0 Å². The summed E-state index contributed by atoms with van der Waals surface area (Å²) in [6, 6.07) is 17.7. The van der Waals surface area contributed by atoms with E-state index in [4.69, 9.17) is 4.98 Å². The van der Waals surface area contributed by atoms with E-state index < -0.39 is 16.1 Å². The van der Waals surface area contributed by atoms with Crippen molar-refractivity contribution in [1.29, 1.82) is 0 Å². The number of aromatic amines is 1. The van der Waals surface area contributed by atoms with Crippen LogP contribution in [0.4, 0.5) is 5.82 Å². The Kier molecular flexibility index (Phi) is 5.40. The van der Waals surface area contributed by atoms with E-state index in [0.29, 0.717) is 23.9 Å². The first-order valence-corrected chi connectivity index (χ1v) is 12.2. The van der Waals surface area contributed by atoms with Crippen LogP contribution >= 0.6 is 0 Å². The monoisotopic (exact) mass is 447 g/mol. The zero-order chi connectivity index (χ0) is 22.1. The molecule has 7 nitrogen and oxygen atoms in total. The molecule has 0 bridgehead atoms. The Morgan fingerprint density at radius 3 is 2.56 bits per heavy atom. The summed E-state index contributed by atoms with van der Waals surface area (Å²) in [5.41, 5.74) is 2.71. The maximum atomic E-state index is 13.2. The van der Waals surface area contributed by atoms with Crippen LogP contribution < -0.4 is 10.0 Å². The summed E-state index contributed by atoms with van der Waals surface area (Å²) in [6.45, 7) is 0. The van der Waals surface area contributed by atoms with Crippen LogP contribution in [0.25, 0.3) is 10.9 Å². The Labute approximate surface area is 187 Å². The smallest absolute Gasteiger partial charge is 0.241 e. The first-order chi connectivity index (χ1) is 15.5. The number of fused-ring (bicyclic) bond motifs is 1. The Balaban J connectivity index is 1.56. The standard InChI is InChI=1S/C24H25N5O2S/c1-25-23-14-21(27-24(28-23)16-11-12-16)22(29-32(30,31)18-7-3-2-4-8-18)13-17-15-26-20-10-6-5-9-19(17)20/h2-10,14-16,22,26,29H,11-13H2,1H3,(H,25,27,28)/t22-/m0/s1. The number of hydrogen-bond donors (Lipinski definition) is 3. The molecule has 8 heteroatoms. The lowest BCUT2D eigenvalue weighted by molar-refractivity contribution is 0.549. The molecule has 0 aliphatic heterocycles. The Hall–Kier alpha value is -3.23. The number of nitrogens with zero attached hydrogens (tertiary/aromatic N) is 2. The zero-order valence-corrected chi connectivity index (χ0v) is 18.6. The highest BCUT2D eigenvalue weighted by Gasteiger charge is 2.30. The van der Waals surface area contributed by atoms with Crippen molar-refractivity contribution >= 4 is 26.7 Å². The largest absolute Gasteiger partial charge is 0.373 e. The average molecular weight is 448 g/mol. The van der Waals surface area contributed by atoms with Crippen LogP contribution in [0.3, 0.4) is 0 Å². The summed E-state index contributed by atoms with van der Waals surface area (Å²) in [7, 11) is -1.93. The van der Waals surface area contributed by atoms with Gasteiger partial charge in [-0.1, -0.05) is 36.4 Å². The first kappa shape index (κ1) is 20.7. The summed E-state index contributed by atoms with van der Waals surface area (Å²) in [4.78, 5) is 12.9. The van der Waals surface area contributed by atoms with Gasteiger partial charge in [0.15, 0.2) is 0 Å². The number of benzene rings is 2. The third kappa shape index (κ3) is 4.24. The van der Waals surface area contributed by atoms with Gasteiger partial charge in [0, 0.05) is 36.1 Å². The van der Waals surface area contributed by atoms with Gasteiger partial charge in [0.2, 0.25) is 10.0 Å². The minimum Gasteiger partial charge on any atom is -0.373 e. The van der Waals surface area contributed by atoms with Crippen molar-refractivity contribution in [2.45, 2.75) is 36.1 Å². The molecule has 0 spiro atoms. The minimum absolute atomic E-state index is 0.231. The van der Waals surface area contributed by atoms with Gasteiger partial charge < -0.3 is 10.3 Å². The van der Waals surface area contributed by atoms with Crippen molar-refractivity contribution in [3.63, 3.8) is 0 Å². The van der Waals surface area contributed by atoms with Crippen LogP contribution in [0.1, 0.15) is 41.9 Å². The normalized spacial score (nSPS) is 15.0. The quantitative estimate of drug-likeness (QED) is 0.377. The molecule has 164 valence electrons. The van der Waals surface area contributed by atoms with Crippen LogP contribution in [-0.4, -0.2) is 30.4 Å². The highest BCUT2D eigenvalue weighted by Crippen LogP contribution is 2.39. The lowest BCUT2D eigenvalue weighted by Gasteiger charge is -2.20. The molecule has 1 aliphatic rings. The van der Waals surface area contributed by atoms with Gasteiger partial charge >= 0.3 is 0 Å². The maximum Gasteiger partial charge on any atom is 0.241 e. The molecule has 1 saturated carbocycles. The van der Waals surface area contributed by atoms with Gasteiger partial charge in [0.25, 0.3) is 0 Å². The number of aromatic nitrogens is 3. The van der Waals surface area contributed by atoms with E-state index in [9.17, 15) is 8.42 Å². The molecule has 0 radical (unpaired) electrons. The van der Waals surface area contributed by atoms with E-state index in [0.717, 1.165) is 35.1 Å². The number of rotatable bonds is 8.